The van der Waals surface area contributed by atoms with Crippen molar-refractivity contribution < 1.29 is 18.7 Å². The molecule has 0 unspecified atom stereocenters. The van der Waals surface area contributed by atoms with E-state index in [2.05, 4.69) is 10.6 Å². The van der Waals surface area contributed by atoms with E-state index in [1.54, 1.807) is 0 Å². The maximum absolute atomic E-state index is 13.7. The largest absolute Gasteiger partial charge is 0.493 e. The number of methoxy groups -OCH3 is 2. The Hall–Kier alpha value is -1.53. The van der Waals surface area contributed by atoms with Gasteiger partial charge in [-0.15, -0.1) is 12.4 Å². The van der Waals surface area contributed by atoms with Crippen molar-refractivity contribution in [3.63, 3.8) is 0 Å². The van der Waals surface area contributed by atoms with Gasteiger partial charge in [-0.2, -0.15) is 0 Å². The van der Waals surface area contributed by atoms with E-state index in [4.69, 9.17) is 9.47 Å². The van der Waals surface area contributed by atoms with Crippen molar-refractivity contribution >= 4 is 24.0 Å². The molecule has 20 heavy (non-hydrogen) atoms. The van der Waals surface area contributed by atoms with Crippen LogP contribution in [0.2, 0.25) is 0 Å². The van der Waals surface area contributed by atoms with Crippen molar-refractivity contribution in [2.24, 2.45) is 0 Å². The molecule has 1 amide bonds. The van der Waals surface area contributed by atoms with Crippen LogP contribution >= 0.6 is 12.4 Å². The Labute approximate surface area is 124 Å². The Morgan fingerprint density at radius 1 is 1.25 bits per heavy atom. The molecular weight excluding hydrogens is 287 g/mol. The van der Waals surface area contributed by atoms with Crippen molar-refractivity contribution in [3.8, 4) is 11.5 Å². The van der Waals surface area contributed by atoms with Crippen LogP contribution in [0.15, 0.2) is 12.1 Å². The van der Waals surface area contributed by atoms with Gasteiger partial charge in [0.15, 0.2) is 17.3 Å². The molecule has 0 spiro atoms. The van der Waals surface area contributed by atoms with Crippen LogP contribution in [0.1, 0.15) is 12.8 Å². The lowest BCUT2D eigenvalue weighted by Crippen LogP contribution is -2.16. The summed E-state index contributed by atoms with van der Waals surface area (Å²) in [7, 11) is 4.69. The second-order valence-corrected chi connectivity index (χ2v) is 3.94. The molecule has 0 saturated carbocycles. The average molecular weight is 307 g/mol. The van der Waals surface area contributed by atoms with Crippen LogP contribution in [0.5, 0.6) is 11.5 Å². The van der Waals surface area contributed by atoms with Crippen LogP contribution in [-0.2, 0) is 4.79 Å². The minimum atomic E-state index is -0.556. The smallest absolute Gasteiger partial charge is 0.224 e. The molecular formula is C13H20ClFN2O3. The minimum absolute atomic E-state index is 0. The lowest BCUT2D eigenvalue weighted by molar-refractivity contribution is -0.116. The van der Waals surface area contributed by atoms with Crippen molar-refractivity contribution in [1.82, 2.24) is 5.32 Å². The van der Waals surface area contributed by atoms with Gasteiger partial charge >= 0.3 is 0 Å². The molecule has 1 rings (SSSR count). The second kappa shape index (κ2) is 9.39. The number of benzene rings is 1. The zero-order valence-corrected chi connectivity index (χ0v) is 12.6. The SMILES string of the molecule is CNCCCC(=O)Nc1cc(OC)c(OC)cc1F.Cl. The van der Waals surface area contributed by atoms with Gasteiger partial charge in [-0.05, 0) is 20.0 Å². The maximum atomic E-state index is 13.7. The van der Waals surface area contributed by atoms with Crippen molar-refractivity contribution in [2.45, 2.75) is 12.8 Å². The van der Waals surface area contributed by atoms with E-state index in [1.807, 2.05) is 7.05 Å². The summed E-state index contributed by atoms with van der Waals surface area (Å²) < 4.78 is 23.8. The Kier molecular flexibility index (Phi) is 8.67. The van der Waals surface area contributed by atoms with Gasteiger partial charge in [0.1, 0.15) is 0 Å². The van der Waals surface area contributed by atoms with Crippen molar-refractivity contribution in [1.29, 1.82) is 0 Å². The molecule has 0 aliphatic rings. The molecule has 0 fully saturated rings. The van der Waals surface area contributed by atoms with E-state index in [0.717, 1.165) is 6.54 Å². The topological polar surface area (TPSA) is 59.6 Å². The zero-order chi connectivity index (χ0) is 14.3. The summed E-state index contributed by atoms with van der Waals surface area (Å²) >= 11 is 0. The Morgan fingerprint density at radius 2 is 1.85 bits per heavy atom. The van der Waals surface area contributed by atoms with Gasteiger partial charge in [-0.25, -0.2) is 4.39 Å². The number of anilines is 1. The Balaban J connectivity index is 0.00000361. The average Bonchev–Trinajstić information content (AvgIpc) is 2.40. The summed E-state index contributed by atoms with van der Waals surface area (Å²) in [6.45, 7) is 0.738. The highest BCUT2D eigenvalue weighted by Crippen LogP contribution is 2.32. The summed E-state index contributed by atoms with van der Waals surface area (Å²) in [5, 5.41) is 5.46. The van der Waals surface area contributed by atoms with Crippen LogP contribution in [-0.4, -0.2) is 33.7 Å². The van der Waals surface area contributed by atoms with Gasteiger partial charge in [-0.1, -0.05) is 0 Å². The van der Waals surface area contributed by atoms with Gasteiger partial charge in [0.2, 0.25) is 5.91 Å². The van der Waals surface area contributed by atoms with E-state index in [9.17, 15) is 9.18 Å². The molecule has 7 heteroatoms. The number of hydrogen-bond donors (Lipinski definition) is 2. The molecule has 0 atom stereocenters. The molecule has 0 aromatic heterocycles. The highest BCUT2D eigenvalue weighted by molar-refractivity contribution is 5.91. The third kappa shape index (κ3) is 5.22. The van der Waals surface area contributed by atoms with Gasteiger partial charge < -0.3 is 20.1 Å². The third-order valence-electron chi connectivity index (χ3n) is 2.58. The quantitative estimate of drug-likeness (QED) is 0.758. The fourth-order valence-corrected chi connectivity index (χ4v) is 1.59. The summed E-state index contributed by atoms with van der Waals surface area (Å²) in [5.41, 5.74) is 0.0899. The van der Waals surface area contributed by atoms with Crippen LogP contribution in [0, 0.1) is 5.82 Å². The Bertz CT molecular complexity index is 444. The standard InChI is InChI=1S/C13H19FN2O3.ClH/c1-15-6-4-5-13(17)16-10-8-12(19-3)11(18-2)7-9(10)14;/h7-8,15H,4-6H2,1-3H3,(H,16,17);1H. The van der Waals surface area contributed by atoms with Crippen LogP contribution in [0.3, 0.4) is 0 Å². The summed E-state index contributed by atoms with van der Waals surface area (Å²) in [6, 6.07) is 2.59. The summed E-state index contributed by atoms with van der Waals surface area (Å²) in [5.74, 6) is -0.136. The number of nitrogens with one attached hydrogen (secondary N) is 2. The van der Waals surface area contributed by atoms with Crippen molar-refractivity contribution in [3.05, 3.63) is 17.9 Å². The van der Waals surface area contributed by atoms with Gasteiger partial charge in [-0.3, -0.25) is 4.79 Å². The summed E-state index contributed by atoms with van der Waals surface area (Å²) in [6.07, 6.45) is 1.02. The van der Waals surface area contributed by atoms with Crippen LogP contribution in [0.4, 0.5) is 10.1 Å². The summed E-state index contributed by atoms with van der Waals surface area (Å²) in [4.78, 5) is 11.6. The lowest BCUT2D eigenvalue weighted by Gasteiger charge is -2.11. The molecule has 1 aromatic rings. The molecule has 0 bridgehead atoms. The molecule has 1 aromatic carbocycles. The van der Waals surface area contributed by atoms with E-state index >= 15 is 0 Å². The third-order valence-corrected chi connectivity index (χ3v) is 2.58. The fraction of sp³-hybridized carbons (Fsp3) is 0.462. The fourth-order valence-electron chi connectivity index (χ4n) is 1.59. The van der Waals surface area contributed by atoms with E-state index in [-0.39, 0.29) is 29.8 Å². The number of halogens is 2. The van der Waals surface area contributed by atoms with E-state index < -0.39 is 5.82 Å². The zero-order valence-electron chi connectivity index (χ0n) is 11.8. The van der Waals surface area contributed by atoms with Gasteiger partial charge in [0, 0.05) is 18.6 Å². The first-order valence-corrected chi connectivity index (χ1v) is 5.98. The highest BCUT2D eigenvalue weighted by atomic mass is 35.5. The van der Waals surface area contributed by atoms with Gasteiger partial charge in [0.05, 0.1) is 19.9 Å². The predicted octanol–water partition coefficient (Wildman–Crippen LogP) is 2.20. The highest BCUT2D eigenvalue weighted by Gasteiger charge is 2.13. The first kappa shape index (κ1) is 18.5. The molecule has 0 radical (unpaired) electrons. The number of hydrogen-bond acceptors (Lipinski definition) is 4. The maximum Gasteiger partial charge on any atom is 0.224 e. The minimum Gasteiger partial charge on any atom is -0.493 e. The first-order valence-electron chi connectivity index (χ1n) is 5.98. The van der Waals surface area contributed by atoms with Crippen molar-refractivity contribution in [2.75, 3.05) is 33.1 Å². The lowest BCUT2D eigenvalue weighted by atomic mass is 10.2. The second-order valence-electron chi connectivity index (χ2n) is 3.94. The number of amides is 1. The number of rotatable bonds is 7. The molecule has 2 N–H and O–H groups in total. The number of carbonyl (C=O) groups is 1. The molecule has 5 nitrogen and oxygen atoms in total. The molecule has 0 aliphatic heterocycles. The predicted molar refractivity (Wildman–Crippen MR) is 78.5 cm³/mol. The van der Waals surface area contributed by atoms with E-state index in [0.29, 0.717) is 18.6 Å². The number of ether oxygens (including phenoxy) is 2. The van der Waals surface area contributed by atoms with Crippen LogP contribution in [0.25, 0.3) is 0 Å². The molecule has 0 saturated heterocycles. The normalized spacial score (nSPS) is 9.60. The monoisotopic (exact) mass is 306 g/mol. The molecule has 114 valence electrons. The first-order chi connectivity index (χ1) is 9.12. The molecule has 0 aliphatic carbocycles. The Morgan fingerprint density at radius 3 is 2.40 bits per heavy atom. The van der Waals surface area contributed by atoms with Gasteiger partial charge in [0.25, 0.3) is 0 Å². The molecule has 0 heterocycles. The van der Waals surface area contributed by atoms with E-state index in [1.165, 1.54) is 26.4 Å². The van der Waals surface area contributed by atoms with Crippen LogP contribution < -0.4 is 20.1 Å². The number of carbonyl (C=O) groups excluding carboxylic acids is 1.